The van der Waals surface area contributed by atoms with Gasteiger partial charge in [0.15, 0.2) is 0 Å². The predicted octanol–water partition coefficient (Wildman–Crippen LogP) is 2.96. The van der Waals surface area contributed by atoms with Gasteiger partial charge in [0.25, 0.3) is 0 Å². The molecule has 0 atom stereocenters. The summed E-state index contributed by atoms with van der Waals surface area (Å²) in [5, 5.41) is 8.57. The van der Waals surface area contributed by atoms with Gasteiger partial charge in [-0.25, -0.2) is 4.39 Å². The first-order valence-corrected chi connectivity index (χ1v) is 5.41. The maximum Gasteiger partial charge on any atom is 0.130 e. The Bertz CT molecular complexity index is 579. The molecule has 2 rings (SSSR count). The summed E-state index contributed by atoms with van der Waals surface area (Å²) in [6, 6.07) is 13.0. The molecule has 0 amide bonds. The Morgan fingerprint density at radius 1 is 1.06 bits per heavy atom. The minimum absolute atomic E-state index is 0.165. The number of ether oxygens (including phenoxy) is 1. The third kappa shape index (κ3) is 3.34. The van der Waals surface area contributed by atoms with Gasteiger partial charge >= 0.3 is 0 Å². The number of benzene rings is 2. The lowest BCUT2D eigenvalue weighted by Gasteiger charge is -2.05. The topological polar surface area (TPSA) is 29.5 Å². The molecule has 0 unspecified atom stereocenters. The molecule has 0 aromatic heterocycles. The fraction of sp³-hybridized carbons (Fsp3) is 0.0667. The number of hydrogen-bond acceptors (Lipinski definition) is 2. The van der Waals surface area contributed by atoms with Crippen LogP contribution in [0.2, 0.25) is 0 Å². The summed E-state index contributed by atoms with van der Waals surface area (Å²) in [6.45, 7) is -0.165. The smallest absolute Gasteiger partial charge is 0.130 e. The van der Waals surface area contributed by atoms with Crippen molar-refractivity contribution in [3.05, 3.63) is 59.9 Å². The van der Waals surface area contributed by atoms with E-state index in [0.29, 0.717) is 11.5 Å². The molecule has 18 heavy (non-hydrogen) atoms. The van der Waals surface area contributed by atoms with Crippen LogP contribution in [0.25, 0.3) is 0 Å². The molecule has 0 spiro atoms. The van der Waals surface area contributed by atoms with Gasteiger partial charge < -0.3 is 9.84 Å². The van der Waals surface area contributed by atoms with Gasteiger partial charge in [-0.15, -0.1) is 0 Å². The molecule has 0 aliphatic carbocycles. The Kier molecular flexibility index (Phi) is 3.95. The van der Waals surface area contributed by atoms with Crippen LogP contribution in [0.4, 0.5) is 4.39 Å². The summed E-state index contributed by atoms with van der Waals surface area (Å²) in [7, 11) is 0. The van der Waals surface area contributed by atoms with Crippen LogP contribution in [0.5, 0.6) is 11.5 Å². The summed E-state index contributed by atoms with van der Waals surface area (Å²) in [6.07, 6.45) is 0. The first kappa shape index (κ1) is 12.2. The molecule has 0 saturated heterocycles. The van der Waals surface area contributed by atoms with E-state index in [1.54, 1.807) is 36.4 Å². The molecule has 0 aliphatic rings. The summed E-state index contributed by atoms with van der Waals surface area (Å²) in [5.74, 6) is 6.05. The maximum atomic E-state index is 13.0. The standard InChI is InChI=1S/C15H11FO2/c16-13-4-1-5-15(11-13)18-14-8-6-12(7-9-14)3-2-10-17/h1,4-9,11,17H,10H2. The molecular formula is C15H11FO2. The van der Waals surface area contributed by atoms with E-state index in [9.17, 15) is 4.39 Å². The maximum absolute atomic E-state index is 13.0. The Labute approximate surface area is 105 Å². The van der Waals surface area contributed by atoms with E-state index in [4.69, 9.17) is 9.84 Å². The third-order valence-electron chi connectivity index (χ3n) is 2.20. The summed E-state index contributed by atoms with van der Waals surface area (Å²) < 4.78 is 18.4. The lowest BCUT2D eigenvalue weighted by atomic mass is 10.2. The van der Waals surface area contributed by atoms with Crippen LogP contribution in [-0.2, 0) is 0 Å². The van der Waals surface area contributed by atoms with Gasteiger partial charge in [-0.2, -0.15) is 0 Å². The van der Waals surface area contributed by atoms with Crippen molar-refractivity contribution in [1.82, 2.24) is 0 Å². The average molecular weight is 242 g/mol. The lowest BCUT2D eigenvalue weighted by Crippen LogP contribution is -1.85. The molecule has 0 aliphatic heterocycles. The monoisotopic (exact) mass is 242 g/mol. The quantitative estimate of drug-likeness (QED) is 0.820. The van der Waals surface area contributed by atoms with Crippen molar-refractivity contribution in [2.45, 2.75) is 0 Å². The zero-order chi connectivity index (χ0) is 12.8. The molecule has 2 nitrogen and oxygen atoms in total. The Balaban J connectivity index is 2.11. The van der Waals surface area contributed by atoms with Crippen molar-refractivity contribution in [2.75, 3.05) is 6.61 Å². The van der Waals surface area contributed by atoms with Crippen LogP contribution in [0.1, 0.15) is 5.56 Å². The van der Waals surface area contributed by atoms with Crippen molar-refractivity contribution in [3.63, 3.8) is 0 Å². The van der Waals surface area contributed by atoms with E-state index in [1.807, 2.05) is 0 Å². The highest BCUT2D eigenvalue weighted by Crippen LogP contribution is 2.21. The molecular weight excluding hydrogens is 231 g/mol. The van der Waals surface area contributed by atoms with Crippen molar-refractivity contribution in [3.8, 4) is 23.3 Å². The minimum Gasteiger partial charge on any atom is -0.457 e. The minimum atomic E-state index is -0.335. The van der Waals surface area contributed by atoms with Crippen molar-refractivity contribution in [1.29, 1.82) is 0 Å². The van der Waals surface area contributed by atoms with Crippen LogP contribution >= 0.6 is 0 Å². The number of hydrogen-bond donors (Lipinski definition) is 1. The van der Waals surface area contributed by atoms with E-state index in [0.717, 1.165) is 5.56 Å². The molecule has 0 heterocycles. The van der Waals surface area contributed by atoms with Crippen LogP contribution in [0, 0.1) is 17.7 Å². The van der Waals surface area contributed by atoms with E-state index < -0.39 is 0 Å². The van der Waals surface area contributed by atoms with Crippen LogP contribution in [0.15, 0.2) is 48.5 Å². The normalized spacial score (nSPS) is 9.44. The van der Waals surface area contributed by atoms with Gasteiger partial charge in [-0.05, 0) is 36.4 Å². The van der Waals surface area contributed by atoms with E-state index >= 15 is 0 Å². The predicted molar refractivity (Wildman–Crippen MR) is 66.9 cm³/mol. The molecule has 0 radical (unpaired) electrons. The second kappa shape index (κ2) is 5.85. The summed E-state index contributed by atoms with van der Waals surface area (Å²) in [5.41, 5.74) is 0.788. The molecule has 1 N–H and O–H groups in total. The fourth-order valence-electron chi connectivity index (χ4n) is 1.41. The Morgan fingerprint density at radius 2 is 1.83 bits per heavy atom. The molecule has 0 fully saturated rings. The SMILES string of the molecule is OCC#Cc1ccc(Oc2cccc(F)c2)cc1. The molecule has 0 bridgehead atoms. The number of rotatable bonds is 2. The highest BCUT2D eigenvalue weighted by molar-refractivity contribution is 5.40. The Morgan fingerprint density at radius 3 is 2.50 bits per heavy atom. The van der Waals surface area contributed by atoms with Gasteiger partial charge in [0, 0.05) is 11.6 Å². The molecule has 3 heteroatoms. The summed E-state index contributed by atoms with van der Waals surface area (Å²) >= 11 is 0. The van der Waals surface area contributed by atoms with Crippen molar-refractivity contribution < 1.29 is 14.2 Å². The number of aliphatic hydroxyl groups excluding tert-OH is 1. The van der Waals surface area contributed by atoms with Crippen LogP contribution < -0.4 is 4.74 Å². The zero-order valence-electron chi connectivity index (χ0n) is 9.56. The lowest BCUT2D eigenvalue weighted by molar-refractivity contribution is 0.350. The highest BCUT2D eigenvalue weighted by atomic mass is 19.1. The highest BCUT2D eigenvalue weighted by Gasteiger charge is 1.98. The second-order valence-corrected chi connectivity index (χ2v) is 3.54. The van der Waals surface area contributed by atoms with Crippen molar-refractivity contribution in [2.24, 2.45) is 0 Å². The number of halogens is 1. The zero-order valence-corrected chi connectivity index (χ0v) is 9.56. The third-order valence-corrected chi connectivity index (χ3v) is 2.20. The summed E-state index contributed by atoms with van der Waals surface area (Å²) in [4.78, 5) is 0. The number of aliphatic hydroxyl groups is 1. The first-order chi connectivity index (χ1) is 8.78. The fourth-order valence-corrected chi connectivity index (χ4v) is 1.41. The van der Waals surface area contributed by atoms with Crippen LogP contribution in [0.3, 0.4) is 0 Å². The molecule has 0 saturated carbocycles. The van der Waals surface area contributed by atoms with Crippen molar-refractivity contribution >= 4 is 0 Å². The van der Waals surface area contributed by atoms with Gasteiger partial charge in [0.1, 0.15) is 23.9 Å². The van der Waals surface area contributed by atoms with Gasteiger partial charge in [-0.3, -0.25) is 0 Å². The van der Waals surface area contributed by atoms with Gasteiger partial charge in [-0.1, -0.05) is 17.9 Å². The van der Waals surface area contributed by atoms with E-state index in [2.05, 4.69) is 11.8 Å². The second-order valence-electron chi connectivity index (χ2n) is 3.54. The van der Waals surface area contributed by atoms with E-state index in [-0.39, 0.29) is 12.4 Å². The molecule has 2 aromatic rings. The largest absolute Gasteiger partial charge is 0.457 e. The van der Waals surface area contributed by atoms with Gasteiger partial charge in [0.05, 0.1) is 0 Å². The average Bonchev–Trinajstić information content (AvgIpc) is 2.38. The Hall–Kier alpha value is -2.31. The van der Waals surface area contributed by atoms with Gasteiger partial charge in [0.2, 0.25) is 0 Å². The molecule has 2 aromatic carbocycles. The van der Waals surface area contributed by atoms with E-state index in [1.165, 1.54) is 12.1 Å². The molecule has 90 valence electrons. The van der Waals surface area contributed by atoms with Crippen LogP contribution in [-0.4, -0.2) is 11.7 Å². The first-order valence-electron chi connectivity index (χ1n) is 5.41.